The Morgan fingerprint density at radius 1 is 0.278 bits per heavy atom. The molecule has 0 aliphatic rings. The van der Waals surface area contributed by atoms with Crippen molar-refractivity contribution in [2.24, 2.45) is 0 Å². The predicted octanol–water partition coefficient (Wildman–Crippen LogP) is 13.3. The molecule has 0 unspecified atom stereocenters. The Hall–Kier alpha value is -7.23. The first-order valence-corrected chi connectivity index (χ1v) is 16.3. The molecule has 0 aliphatic carbocycles. The van der Waals surface area contributed by atoms with Crippen LogP contribution in [0.3, 0.4) is 0 Å². The maximum atomic E-state index is 9.68. The second kappa shape index (κ2) is 13.4. The van der Waals surface area contributed by atoms with Crippen LogP contribution in [0.4, 0.5) is 0 Å². The highest BCUT2D eigenvalue weighted by atomic mass is 15.0. The lowest BCUT2D eigenvalue weighted by molar-refractivity contribution is 1.07. The van der Waals surface area contributed by atoms with Crippen LogP contribution in [0.2, 0.25) is 0 Å². The van der Waals surface area contributed by atoms with Crippen LogP contribution in [0.25, 0.3) is 99.9 Å². The largest absolute Gasteiger partial charge is 0.208 e. The van der Waals surface area contributed by atoms with Crippen LogP contribution in [0.5, 0.6) is 0 Å². The number of rotatable bonds is 6. The van der Waals surface area contributed by atoms with Crippen LogP contribution in [0, 0.1) is 0 Å². The third kappa shape index (κ3) is 5.78. The zero-order valence-electron chi connectivity index (χ0n) is 51.5. The summed E-state index contributed by atoms with van der Waals surface area (Å²) in [6.45, 7) is 0. The maximum Gasteiger partial charge on any atom is 0.164 e. The Kier molecular flexibility index (Phi) is 3.82. The van der Waals surface area contributed by atoms with Crippen LogP contribution >= 0.6 is 0 Å². The van der Waals surface area contributed by atoms with Crippen molar-refractivity contribution >= 4 is 32.3 Å². The Balaban J connectivity index is 1.28. The predicted molar refractivity (Wildman–Crippen MR) is 225 cm³/mol. The summed E-state index contributed by atoms with van der Waals surface area (Å²) in [6, 6.07) is -4.08. The standard InChI is InChI=1S/C51H33N3/c1-3-12-34(13-4-1)36-22-26-38(27-23-36)49-52-50(54-51(53-49)42-17-11-16-40(32-42)35-14-5-2-6-15-35)39-28-24-37(25-29-39)41-30-31-47-45-20-8-7-18-43(45)44-19-9-10-21-46(44)48(47)33-41/h1-33H/i1D,3D,4D,7D,8D,9D,10D,12D,13D,18D,19D,20D,21D,22D,23D,24D,25D,26D,27D,28D,29D,30D,31D,33D. The van der Waals surface area contributed by atoms with Crippen molar-refractivity contribution in [3.05, 3.63) is 200 Å². The average molecular weight is 712 g/mol. The van der Waals surface area contributed by atoms with Crippen molar-refractivity contribution in [2.75, 3.05) is 0 Å². The fraction of sp³-hybridized carbons (Fsp3) is 0. The fourth-order valence-electron chi connectivity index (χ4n) is 5.95. The molecule has 1 aromatic heterocycles. The molecule has 54 heavy (non-hydrogen) atoms. The fourth-order valence-corrected chi connectivity index (χ4v) is 5.95. The lowest BCUT2D eigenvalue weighted by Gasteiger charge is -2.12. The van der Waals surface area contributed by atoms with E-state index in [1.165, 1.54) is 0 Å². The van der Waals surface area contributed by atoms with E-state index in [1.807, 2.05) is 18.2 Å². The molecule has 252 valence electrons. The summed E-state index contributed by atoms with van der Waals surface area (Å²) < 4.78 is 214. The molecular formula is C51H33N3. The van der Waals surface area contributed by atoms with Crippen LogP contribution in [0.1, 0.15) is 32.9 Å². The quantitative estimate of drug-likeness (QED) is 0.161. The summed E-state index contributed by atoms with van der Waals surface area (Å²) in [5, 5.41) is -2.75. The number of fused-ring (bicyclic) bond motifs is 6. The highest BCUT2D eigenvalue weighted by Gasteiger charge is 2.15. The van der Waals surface area contributed by atoms with E-state index >= 15 is 0 Å². The summed E-state index contributed by atoms with van der Waals surface area (Å²) in [6.07, 6.45) is 0. The lowest BCUT2D eigenvalue weighted by Crippen LogP contribution is -2.00. The van der Waals surface area contributed by atoms with Crippen molar-refractivity contribution in [3.63, 3.8) is 0 Å². The van der Waals surface area contributed by atoms with Crippen LogP contribution < -0.4 is 0 Å². The SMILES string of the molecule is [2H]c1c([2H])c([2H])c(-c2c([2H])c([2H])c(-c3nc(-c4cccc(-c5ccccc5)c4)nc(-c4c([2H])c([2H])c(-c5c([2H])c([2H])c6c7c([2H])c([2H])c([2H])c([2H])c7c7c([2H])c([2H])c([2H])c([2H])c7c6c5[2H])c([2H])c4[2H])n3)c([2H])c2[2H])c([2H])c1[2H]. The Morgan fingerprint density at radius 3 is 1.28 bits per heavy atom. The van der Waals surface area contributed by atoms with E-state index in [2.05, 4.69) is 15.0 Å². The molecule has 9 aromatic carbocycles. The minimum absolute atomic E-state index is 0.239. The van der Waals surface area contributed by atoms with Crippen LogP contribution in [0.15, 0.2) is 200 Å². The van der Waals surface area contributed by atoms with Crippen LogP contribution in [-0.2, 0) is 0 Å². The van der Waals surface area contributed by atoms with E-state index in [0.717, 1.165) is 5.56 Å². The third-order valence-electron chi connectivity index (χ3n) is 8.50. The van der Waals surface area contributed by atoms with Gasteiger partial charge in [-0.3, -0.25) is 0 Å². The van der Waals surface area contributed by atoms with Gasteiger partial charge in [-0.25, -0.2) is 15.0 Å². The molecule has 0 saturated heterocycles. The Bertz CT molecular complexity index is 4250. The number of nitrogens with zero attached hydrogens (tertiary/aromatic N) is 3. The van der Waals surface area contributed by atoms with Gasteiger partial charge in [0.25, 0.3) is 0 Å². The van der Waals surface area contributed by atoms with Gasteiger partial charge in [-0.1, -0.05) is 188 Å². The van der Waals surface area contributed by atoms with Gasteiger partial charge in [0, 0.05) is 16.7 Å². The normalized spacial score (nSPS) is 17.6. The van der Waals surface area contributed by atoms with E-state index in [9.17, 15) is 12.3 Å². The summed E-state index contributed by atoms with van der Waals surface area (Å²) in [5.74, 6) is -1.45. The van der Waals surface area contributed by atoms with Crippen molar-refractivity contribution in [1.29, 1.82) is 0 Å². The molecule has 0 atom stereocenters. The number of hydrogen-bond donors (Lipinski definition) is 0. The Labute approximate surface area is 347 Å². The monoisotopic (exact) mass is 711 g/mol. The molecule has 1 heterocycles. The molecule has 3 heteroatoms. The average Bonchev–Trinajstić information content (AvgIpc) is 3.58. The second-order valence-electron chi connectivity index (χ2n) is 11.8. The molecule has 0 fully saturated rings. The zero-order chi connectivity index (χ0) is 56.7. The summed E-state index contributed by atoms with van der Waals surface area (Å²) in [4.78, 5) is 13.6. The molecule has 10 aromatic rings. The molecule has 10 rings (SSSR count). The third-order valence-corrected chi connectivity index (χ3v) is 8.50. The molecule has 0 bridgehead atoms. The van der Waals surface area contributed by atoms with Gasteiger partial charge in [-0.2, -0.15) is 0 Å². The summed E-state index contributed by atoms with van der Waals surface area (Å²) in [7, 11) is 0. The first kappa shape index (κ1) is 15.4. The van der Waals surface area contributed by atoms with Crippen molar-refractivity contribution in [2.45, 2.75) is 0 Å². The number of benzene rings is 9. The molecule has 0 N–H and O–H groups in total. The van der Waals surface area contributed by atoms with Crippen LogP contribution in [-0.4, -0.2) is 15.0 Å². The minimum Gasteiger partial charge on any atom is -0.208 e. The van der Waals surface area contributed by atoms with Crippen molar-refractivity contribution in [3.8, 4) is 67.5 Å². The highest BCUT2D eigenvalue weighted by Crippen LogP contribution is 2.37. The number of hydrogen-bond acceptors (Lipinski definition) is 3. The molecule has 0 radical (unpaired) electrons. The van der Waals surface area contributed by atoms with Gasteiger partial charge in [0.1, 0.15) is 0 Å². The Morgan fingerprint density at radius 2 is 0.685 bits per heavy atom. The van der Waals surface area contributed by atoms with E-state index < -0.39 is 222 Å². The van der Waals surface area contributed by atoms with Gasteiger partial charge in [0.05, 0.1) is 32.9 Å². The first-order valence-electron chi connectivity index (χ1n) is 28.3. The van der Waals surface area contributed by atoms with Gasteiger partial charge in [0.2, 0.25) is 0 Å². The molecular weight excluding hydrogens is 655 g/mol. The summed E-state index contributed by atoms with van der Waals surface area (Å²) >= 11 is 0. The molecule has 0 amide bonds. The van der Waals surface area contributed by atoms with E-state index in [-0.39, 0.29) is 11.4 Å². The topological polar surface area (TPSA) is 38.7 Å². The van der Waals surface area contributed by atoms with Crippen molar-refractivity contribution in [1.82, 2.24) is 15.0 Å². The summed E-state index contributed by atoms with van der Waals surface area (Å²) in [5.41, 5.74) is -2.30. The van der Waals surface area contributed by atoms with Gasteiger partial charge in [-0.15, -0.1) is 0 Å². The maximum absolute atomic E-state index is 9.68. The number of aromatic nitrogens is 3. The molecule has 0 saturated carbocycles. The molecule has 0 aliphatic heterocycles. The van der Waals surface area contributed by atoms with E-state index in [1.54, 1.807) is 36.4 Å². The second-order valence-corrected chi connectivity index (χ2v) is 11.8. The van der Waals surface area contributed by atoms with Gasteiger partial charge < -0.3 is 0 Å². The van der Waals surface area contributed by atoms with E-state index in [0.29, 0.717) is 5.56 Å². The van der Waals surface area contributed by atoms with E-state index in [4.69, 9.17) is 20.6 Å². The molecule has 0 spiro atoms. The highest BCUT2D eigenvalue weighted by molar-refractivity contribution is 6.25. The van der Waals surface area contributed by atoms with Gasteiger partial charge >= 0.3 is 0 Å². The molecule has 3 nitrogen and oxygen atoms in total. The smallest absolute Gasteiger partial charge is 0.164 e. The first-order chi connectivity index (χ1) is 36.8. The van der Waals surface area contributed by atoms with Gasteiger partial charge in [-0.05, 0) is 77.8 Å². The lowest BCUT2D eigenvalue weighted by atomic mass is 9.92. The minimum atomic E-state index is -0.942. The van der Waals surface area contributed by atoms with Gasteiger partial charge in [0.15, 0.2) is 17.5 Å². The zero-order valence-corrected chi connectivity index (χ0v) is 27.5. The van der Waals surface area contributed by atoms with Crippen molar-refractivity contribution < 1.29 is 32.9 Å².